The summed E-state index contributed by atoms with van der Waals surface area (Å²) in [7, 11) is 0. The van der Waals surface area contributed by atoms with E-state index in [0.717, 1.165) is 11.3 Å². The normalized spacial score (nSPS) is 19.1. The Morgan fingerprint density at radius 1 is 1.56 bits per heavy atom. The molecule has 1 aliphatic heterocycles. The molecule has 2 nitrogen and oxygen atoms in total. The molecule has 0 aromatic rings. The van der Waals surface area contributed by atoms with Gasteiger partial charge in [-0.05, 0) is 25.5 Å². The molecule has 0 aromatic heterocycles. The molecule has 0 saturated carbocycles. The first kappa shape index (κ1) is 6.20. The van der Waals surface area contributed by atoms with Crippen LogP contribution in [0.15, 0.2) is 16.6 Å². The Hall–Kier alpha value is -0.920. The number of nitrogens with zero attached hydrogens (tertiary/aromatic N) is 1. The molecule has 0 bridgehead atoms. The highest BCUT2D eigenvalue weighted by Gasteiger charge is 2.05. The van der Waals surface area contributed by atoms with Crippen molar-refractivity contribution in [3.63, 3.8) is 0 Å². The standard InChI is InChI=1S/C7H9NO/c1-5-3-7(9)4-8-6(5)2/h3H,4H2,1-2H3. The predicted molar refractivity (Wildman–Crippen MR) is 36.7 cm³/mol. The minimum atomic E-state index is 0.109. The maximum atomic E-state index is 10.6. The molecule has 2 heteroatoms. The van der Waals surface area contributed by atoms with Gasteiger partial charge in [0, 0.05) is 5.71 Å². The highest BCUT2D eigenvalue weighted by Crippen LogP contribution is 2.02. The van der Waals surface area contributed by atoms with E-state index in [1.807, 2.05) is 13.8 Å². The average molecular weight is 123 g/mol. The second-order valence-electron chi connectivity index (χ2n) is 2.20. The number of hydrogen-bond acceptors (Lipinski definition) is 2. The van der Waals surface area contributed by atoms with E-state index in [0.29, 0.717) is 6.54 Å². The number of carbonyl (C=O) groups is 1. The van der Waals surface area contributed by atoms with E-state index >= 15 is 0 Å². The van der Waals surface area contributed by atoms with Crippen molar-refractivity contribution in [2.24, 2.45) is 4.99 Å². The molecule has 0 N–H and O–H groups in total. The highest BCUT2D eigenvalue weighted by molar-refractivity contribution is 6.08. The first-order valence-corrected chi connectivity index (χ1v) is 2.92. The molecule has 1 rings (SSSR count). The summed E-state index contributed by atoms with van der Waals surface area (Å²) >= 11 is 0. The Balaban J connectivity index is 2.87. The average Bonchev–Trinajstić information content (AvgIpc) is 1.80. The summed E-state index contributed by atoms with van der Waals surface area (Å²) in [4.78, 5) is 14.6. The Bertz CT molecular complexity index is 201. The van der Waals surface area contributed by atoms with Crippen LogP contribution >= 0.6 is 0 Å². The lowest BCUT2D eigenvalue weighted by Gasteiger charge is -2.04. The minimum Gasteiger partial charge on any atom is -0.293 e. The van der Waals surface area contributed by atoms with E-state index in [-0.39, 0.29) is 5.78 Å². The number of hydrogen-bond donors (Lipinski definition) is 0. The summed E-state index contributed by atoms with van der Waals surface area (Å²) < 4.78 is 0. The van der Waals surface area contributed by atoms with Crippen LogP contribution in [-0.4, -0.2) is 18.0 Å². The molecule has 0 spiro atoms. The van der Waals surface area contributed by atoms with Gasteiger partial charge < -0.3 is 0 Å². The van der Waals surface area contributed by atoms with Gasteiger partial charge in [0.1, 0.15) is 6.54 Å². The number of aliphatic imine (C=N–C) groups is 1. The predicted octanol–water partition coefficient (Wildman–Crippen LogP) is 0.976. The van der Waals surface area contributed by atoms with Crippen LogP contribution in [0.25, 0.3) is 0 Å². The third-order valence-corrected chi connectivity index (χ3v) is 1.42. The number of carbonyl (C=O) groups excluding carboxylic acids is 1. The SMILES string of the molecule is CC1=CC(=O)CN=C1C. The Kier molecular flexibility index (Phi) is 1.47. The lowest BCUT2D eigenvalue weighted by atomic mass is 10.1. The van der Waals surface area contributed by atoms with Crippen LogP contribution < -0.4 is 0 Å². The van der Waals surface area contributed by atoms with E-state index in [1.165, 1.54) is 0 Å². The molecule has 0 fully saturated rings. The Morgan fingerprint density at radius 2 is 2.22 bits per heavy atom. The first-order chi connectivity index (χ1) is 4.20. The summed E-state index contributed by atoms with van der Waals surface area (Å²) in [5.41, 5.74) is 1.97. The van der Waals surface area contributed by atoms with Crippen LogP contribution in [-0.2, 0) is 4.79 Å². The number of ketones is 1. The van der Waals surface area contributed by atoms with Crippen LogP contribution in [0.5, 0.6) is 0 Å². The van der Waals surface area contributed by atoms with Crippen molar-refractivity contribution in [2.75, 3.05) is 6.54 Å². The van der Waals surface area contributed by atoms with Crippen LogP contribution in [0.2, 0.25) is 0 Å². The first-order valence-electron chi connectivity index (χ1n) is 2.92. The zero-order valence-electron chi connectivity index (χ0n) is 5.64. The molecule has 0 aromatic carbocycles. The monoisotopic (exact) mass is 123 g/mol. The second-order valence-corrected chi connectivity index (χ2v) is 2.20. The fourth-order valence-corrected chi connectivity index (χ4v) is 0.713. The Labute approximate surface area is 54.3 Å². The molecule has 1 heterocycles. The van der Waals surface area contributed by atoms with Crippen molar-refractivity contribution < 1.29 is 4.79 Å². The molecular weight excluding hydrogens is 114 g/mol. The molecule has 1 aliphatic rings. The third-order valence-electron chi connectivity index (χ3n) is 1.42. The van der Waals surface area contributed by atoms with Crippen molar-refractivity contribution in [3.05, 3.63) is 11.6 Å². The van der Waals surface area contributed by atoms with Crippen molar-refractivity contribution in [3.8, 4) is 0 Å². The summed E-state index contributed by atoms with van der Waals surface area (Å²) in [6, 6.07) is 0. The van der Waals surface area contributed by atoms with Crippen molar-refractivity contribution in [1.82, 2.24) is 0 Å². The molecule has 0 amide bonds. The highest BCUT2D eigenvalue weighted by atomic mass is 16.1. The van der Waals surface area contributed by atoms with Gasteiger partial charge in [-0.25, -0.2) is 0 Å². The third kappa shape index (κ3) is 1.25. The zero-order chi connectivity index (χ0) is 6.85. The maximum Gasteiger partial charge on any atom is 0.177 e. The molecular formula is C7H9NO. The van der Waals surface area contributed by atoms with Crippen LogP contribution in [0, 0.1) is 0 Å². The van der Waals surface area contributed by atoms with Gasteiger partial charge in [-0.15, -0.1) is 0 Å². The van der Waals surface area contributed by atoms with Gasteiger partial charge in [-0.3, -0.25) is 9.79 Å². The zero-order valence-corrected chi connectivity index (χ0v) is 5.64. The molecule has 48 valence electrons. The molecule has 0 unspecified atom stereocenters. The fraction of sp³-hybridized carbons (Fsp3) is 0.429. The second kappa shape index (κ2) is 2.13. The lowest BCUT2D eigenvalue weighted by molar-refractivity contribution is -0.113. The van der Waals surface area contributed by atoms with Gasteiger partial charge in [0.05, 0.1) is 0 Å². The van der Waals surface area contributed by atoms with Gasteiger partial charge in [0.25, 0.3) is 0 Å². The van der Waals surface area contributed by atoms with Gasteiger partial charge in [0.2, 0.25) is 0 Å². The van der Waals surface area contributed by atoms with Gasteiger partial charge in [-0.1, -0.05) is 0 Å². The summed E-state index contributed by atoms with van der Waals surface area (Å²) in [6.07, 6.45) is 1.64. The van der Waals surface area contributed by atoms with Crippen molar-refractivity contribution >= 4 is 11.5 Å². The number of dihydropyridines is 1. The Morgan fingerprint density at radius 3 is 2.67 bits per heavy atom. The smallest absolute Gasteiger partial charge is 0.177 e. The van der Waals surface area contributed by atoms with Gasteiger partial charge in [-0.2, -0.15) is 0 Å². The van der Waals surface area contributed by atoms with Crippen LogP contribution in [0.3, 0.4) is 0 Å². The van der Waals surface area contributed by atoms with Crippen molar-refractivity contribution in [2.45, 2.75) is 13.8 Å². The van der Waals surface area contributed by atoms with E-state index < -0.39 is 0 Å². The molecule has 9 heavy (non-hydrogen) atoms. The van der Waals surface area contributed by atoms with E-state index in [4.69, 9.17) is 0 Å². The number of rotatable bonds is 0. The van der Waals surface area contributed by atoms with E-state index in [2.05, 4.69) is 4.99 Å². The maximum absolute atomic E-state index is 10.6. The molecule has 0 saturated heterocycles. The summed E-state index contributed by atoms with van der Waals surface area (Å²) in [6.45, 7) is 4.15. The fourth-order valence-electron chi connectivity index (χ4n) is 0.713. The van der Waals surface area contributed by atoms with E-state index in [1.54, 1.807) is 6.08 Å². The molecule has 0 aliphatic carbocycles. The van der Waals surface area contributed by atoms with Crippen LogP contribution in [0.1, 0.15) is 13.8 Å². The minimum absolute atomic E-state index is 0.109. The van der Waals surface area contributed by atoms with E-state index in [9.17, 15) is 4.79 Å². The van der Waals surface area contributed by atoms with Crippen molar-refractivity contribution in [1.29, 1.82) is 0 Å². The summed E-state index contributed by atoms with van der Waals surface area (Å²) in [5, 5.41) is 0. The lowest BCUT2D eigenvalue weighted by Crippen LogP contribution is -2.10. The quantitative estimate of drug-likeness (QED) is 0.472. The largest absolute Gasteiger partial charge is 0.293 e. The molecule has 0 radical (unpaired) electrons. The molecule has 0 atom stereocenters. The van der Waals surface area contributed by atoms with Crippen LogP contribution in [0.4, 0.5) is 0 Å². The van der Waals surface area contributed by atoms with Gasteiger partial charge in [0.15, 0.2) is 5.78 Å². The summed E-state index contributed by atoms with van der Waals surface area (Å²) in [5.74, 6) is 0.109. The van der Waals surface area contributed by atoms with Gasteiger partial charge >= 0.3 is 0 Å². The topological polar surface area (TPSA) is 29.4 Å². The number of allylic oxidation sites excluding steroid dienone is 1.